The van der Waals surface area contributed by atoms with Crippen LogP contribution in [0.25, 0.3) is 11.4 Å². The largest absolute Gasteiger partial charge is 0.508 e. The summed E-state index contributed by atoms with van der Waals surface area (Å²) in [7, 11) is 0. The number of phenols is 1. The third-order valence-corrected chi connectivity index (χ3v) is 1.90. The van der Waals surface area contributed by atoms with Crippen LogP contribution in [0.2, 0.25) is 0 Å². The van der Waals surface area contributed by atoms with Crippen LogP contribution in [-0.4, -0.2) is 20.3 Å². The van der Waals surface area contributed by atoms with Crippen LogP contribution >= 0.6 is 0 Å². The van der Waals surface area contributed by atoms with Crippen molar-refractivity contribution in [2.75, 3.05) is 0 Å². The van der Waals surface area contributed by atoms with E-state index in [1.807, 2.05) is 32.9 Å². The summed E-state index contributed by atoms with van der Waals surface area (Å²) in [5.74, 6) is 0.934. The maximum Gasteiger partial charge on any atom is 0.155 e. The van der Waals surface area contributed by atoms with E-state index >= 15 is 0 Å². The van der Waals surface area contributed by atoms with Crippen LogP contribution in [0, 0.1) is 6.92 Å². The Morgan fingerprint density at radius 2 is 2.00 bits per heavy atom. The number of phenolic OH excluding ortho intramolecular Hbond substituents is 1. The molecule has 0 aliphatic heterocycles. The van der Waals surface area contributed by atoms with E-state index in [1.54, 1.807) is 6.07 Å². The molecule has 1 heterocycles. The van der Waals surface area contributed by atoms with E-state index in [9.17, 15) is 5.11 Å². The molecule has 4 nitrogen and oxygen atoms in total. The van der Waals surface area contributed by atoms with E-state index in [-0.39, 0.29) is 5.75 Å². The number of hydrogen-bond donors (Lipinski definition) is 2. The number of rotatable bonds is 1. The third kappa shape index (κ3) is 2.56. The van der Waals surface area contributed by atoms with Gasteiger partial charge < -0.3 is 5.11 Å². The molecular weight excluding hydrogens is 190 g/mol. The Hall–Kier alpha value is -1.84. The summed E-state index contributed by atoms with van der Waals surface area (Å²) >= 11 is 0. The fourth-order valence-electron chi connectivity index (χ4n) is 1.10. The second kappa shape index (κ2) is 5.14. The Bertz CT molecular complexity index is 410. The average molecular weight is 205 g/mol. The Labute approximate surface area is 89.0 Å². The van der Waals surface area contributed by atoms with Gasteiger partial charge in [0, 0.05) is 5.56 Å². The van der Waals surface area contributed by atoms with E-state index in [4.69, 9.17) is 0 Å². The van der Waals surface area contributed by atoms with Gasteiger partial charge in [0.25, 0.3) is 0 Å². The Morgan fingerprint density at radius 1 is 1.27 bits per heavy atom. The molecule has 0 atom stereocenters. The van der Waals surface area contributed by atoms with E-state index in [0.717, 1.165) is 11.1 Å². The van der Waals surface area contributed by atoms with Crippen LogP contribution in [0.4, 0.5) is 0 Å². The van der Waals surface area contributed by atoms with Crippen molar-refractivity contribution in [2.24, 2.45) is 0 Å². The molecule has 2 N–H and O–H groups in total. The van der Waals surface area contributed by atoms with Crippen molar-refractivity contribution in [1.29, 1.82) is 0 Å². The lowest BCUT2D eigenvalue weighted by molar-refractivity contribution is 0.471. The highest BCUT2D eigenvalue weighted by molar-refractivity contribution is 5.58. The Morgan fingerprint density at radius 3 is 2.53 bits per heavy atom. The number of aromatic nitrogens is 3. The maximum atomic E-state index is 9.44. The quantitative estimate of drug-likeness (QED) is 0.752. The first-order valence-corrected chi connectivity index (χ1v) is 4.93. The van der Waals surface area contributed by atoms with Crippen molar-refractivity contribution in [1.82, 2.24) is 15.2 Å². The monoisotopic (exact) mass is 205 g/mol. The van der Waals surface area contributed by atoms with Gasteiger partial charge in [-0.25, -0.2) is 4.98 Å². The minimum atomic E-state index is 0.272. The van der Waals surface area contributed by atoms with Gasteiger partial charge in [-0.3, -0.25) is 5.10 Å². The van der Waals surface area contributed by atoms with Gasteiger partial charge in [0.1, 0.15) is 12.1 Å². The molecule has 1 aromatic heterocycles. The van der Waals surface area contributed by atoms with Gasteiger partial charge in [-0.15, -0.1) is 0 Å². The van der Waals surface area contributed by atoms with E-state index in [2.05, 4.69) is 15.2 Å². The molecule has 0 saturated heterocycles. The lowest BCUT2D eigenvalue weighted by Crippen LogP contribution is -1.82. The number of aromatic amines is 1. The van der Waals surface area contributed by atoms with Crippen LogP contribution in [0.15, 0.2) is 24.5 Å². The average Bonchev–Trinajstić information content (AvgIpc) is 2.78. The van der Waals surface area contributed by atoms with Crippen LogP contribution in [0.3, 0.4) is 0 Å². The van der Waals surface area contributed by atoms with Gasteiger partial charge in [-0.1, -0.05) is 26.0 Å². The first-order valence-electron chi connectivity index (χ1n) is 4.93. The fraction of sp³-hybridized carbons (Fsp3) is 0.273. The fourth-order valence-corrected chi connectivity index (χ4v) is 1.10. The van der Waals surface area contributed by atoms with Crippen LogP contribution in [0.5, 0.6) is 5.75 Å². The van der Waals surface area contributed by atoms with Crippen molar-refractivity contribution in [3.63, 3.8) is 0 Å². The van der Waals surface area contributed by atoms with E-state index in [1.165, 1.54) is 6.33 Å². The van der Waals surface area contributed by atoms with Gasteiger partial charge in [-0.2, -0.15) is 5.10 Å². The van der Waals surface area contributed by atoms with Crippen LogP contribution < -0.4 is 0 Å². The van der Waals surface area contributed by atoms with E-state index in [0.29, 0.717) is 5.82 Å². The highest BCUT2D eigenvalue weighted by Crippen LogP contribution is 2.22. The summed E-state index contributed by atoms with van der Waals surface area (Å²) in [6.07, 6.45) is 1.44. The zero-order chi connectivity index (χ0) is 11.3. The molecule has 0 radical (unpaired) electrons. The standard InChI is InChI=1S/C9H9N3O.C2H6/c1-6-2-3-7(4-8(6)13)9-10-5-11-12-9;1-2/h2-5,13H,1H3,(H,10,11,12);1-2H3. The molecule has 2 aromatic rings. The summed E-state index contributed by atoms with van der Waals surface area (Å²) in [5, 5.41) is 15.9. The van der Waals surface area contributed by atoms with E-state index < -0.39 is 0 Å². The molecule has 4 heteroatoms. The molecule has 80 valence electrons. The Kier molecular flexibility index (Phi) is 3.85. The molecular formula is C11H15N3O. The molecule has 0 aliphatic carbocycles. The smallest absolute Gasteiger partial charge is 0.155 e. The third-order valence-electron chi connectivity index (χ3n) is 1.90. The van der Waals surface area contributed by atoms with Crippen molar-refractivity contribution in [3.05, 3.63) is 30.1 Å². The molecule has 0 unspecified atom stereocenters. The second-order valence-electron chi connectivity index (χ2n) is 2.84. The predicted molar refractivity (Wildman–Crippen MR) is 59.6 cm³/mol. The maximum absolute atomic E-state index is 9.44. The molecule has 0 aliphatic rings. The number of hydrogen-bond acceptors (Lipinski definition) is 3. The lowest BCUT2D eigenvalue weighted by Gasteiger charge is -2.00. The topological polar surface area (TPSA) is 61.8 Å². The number of H-pyrrole nitrogens is 1. The number of nitrogens with zero attached hydrogens (tertiary/aromatic N) is 2. The highest BCUT2D eigenvalue weighted by Gasteiger charge is 2.02. The molecule has 0 spiro atoms. The van der Waals surface area contributed by atoms with Crippen LogP contribution in [0.1, 0.15) is 19.4 Å². The van der Waals surface area contributed by atoms with Gasteiger partial charge in [0.2, 0.25) is 0 Å². The molecule has 0 bridgehead atoms. The summed E-state index contributed by atoms with van der Waals surface area (Å²) in [5.41, 5.74) is 1.68. The Balaban J connectivity index is 0.000000531. The minimum Gasteiger partial charge on any atom is -0.508 e. The SMILES string of the molecule is CC.Cc1ccc(-c2ncn[nH]2)cc1O. The lowest BCUT2D eigenvalue weighted by atomic mass is 10.1. The summed E-state index contributed by atoms with van der Waals surface area (Å²) in [4.78, 5) is 3.98. The highest BCUT2D eigenvalue weighted by atomic mass is 16.3. The summed E-state index contributed by atoms with van der Waals surface area (Å²) < 4.78 is 0. The molecule has 15 heavy (non-hydrogen) atoms. The molecule has 1 aromatic carbocycles. The van der Waals surface area contributed by atoms with Crippen molar-refractivity contribution in [2.45, 2.75) is 20.8 Å². The molecule has 0 saturated carbocycles. The van der Waals surface area contributed by atoms with Crippen molar-refractivity contribution in [3.8, 4) is 17.1 Å². The first kappa shape index (κ1) is 11.2. The zero-order valence-electron chi connectivity index (χ0n) is 9.15. The minimum absolute atomic E-state index is 0.272. The summed E-state index contributed by atoms with van der Waals surface area (Å²) in [6, 6.07) is 5.39. The summed E-state index contributed by atoms with van der Waals surface area (Å²) in [6.45, 7) is 5.85. The molecule has 2 rings (SSSR count). The van der Waals surface area contributed by atoms with Gasteiger partial charge in [0.15, 0.2) is 5.82 Å². The van der Waals surface area contributed by atoms with Gasteiger partial charge >= 0.3 is 0 Å². The number of aromatic hydroxyl groups is 1. The predicted octanol–water partition coefficient (Wildman–Crippen LogP) is 2.51. The van der Waals surface area contributed by atoms with Crippen LogP contribution in [-0.2, 0) is 0 Å². The van der Waals surface area contributed by atoms with Gasteiger partial charge in [-0.05, 0) is 18.6 Å². The number of aryl methyl sites for hydroxylation is 1. The van der Waals surface area contributed by atoms with Crippen molar-refractivity contribution >= 4 is 0 Å². The van der Waals surface area contributed by atoms with Gasteiger partial charge in [0.05, 0.1) is 0 Å². The second-order valence-corrected chi connectivity index (χ2v) is 2.84. The van der Waals surface area contributed by atoms with Crippen molar-refractivity contribution < 1.29 is 5.11 Å². The molecule has 0 fully saturated rings. The molecule has 0 amide bonds. The number of nitrogens with one attached hydrogen (secondary N) is 1. The number of benzene rings is 1. The zero-order valence-corrected chi connectivity index (χ0v) is 9.15. The normalized spacial score (nSPS) is 9.27. The first-order chi connectivity index (χ1) is 7.27.